The average molecular weight is 356 g/mol. The molecule has 4 rings (SSSR count). The molecule has 27 heavy (non-hydrogen) atoms. The van der Waals surface area contributed by atoms with Crippen molar-refractivity contribution in [3.63, 3.8) is 0 Å². The second kappa shape index (κ2) is 6.76. The second-order valence-electron chi connectivity index (χ2n) is 6.30. The lowest BCUT2D eigenvalue weighted by molar-refractivity contribution is 0.787. The highest BCUT2D eigenvalue weighted by atomic mass is 15.7. The molecule has 0 atom stereocenters. The summed E-state index contributed by atoms with van der Waals surface area (Å²) in [4.78, 5) is 0. The topological polar surface area (TPSA) is 106 Å². The average Bonchev–Trinajstić information content (AvgIpc) is 2.69. The first kappa shape index (κ1) is 16.5. The summed E-state index contributed by atoms with van der Waals surface area (Å²) in [6, 6.07) is 22.9. The van der Waals surface area contributed by atoms with Gasteiger partial charge in [-0.1, -0.05) is 24.3 Å². The number of nitrogens with two attached hydrogens (primary N) is 3. The Morgan fingerprint density at radius 2 is 1.11 bits per heavy atom. The fourth-order valence-corrected chi connectivity index (χ4v) is 2.79. The molecule has 0 unspecified atom stereocenters. The van der Waals surface area contributed by atoms with Crippen molar-refractivity contribution < 1.29 is 0 Å². The van der Waals surface area contributed by atoms with E-state index in [-0.39, 0.29) is 0 Å². The maximum Gasteiger partial charge on any atom is 0.0950 e. The van der Waals surface area contributed by atoms with E-state index in [0.717, 1.165) is 33.9 Å². The molecule has 3 aromatic rings. The number of hydrazine groups is 1. The van der Waals surface area contributed by atoms with Crippen LogP contribution in [0.4, 0.5) is 22.7 Å². The minimum absolute atomic E-state index is 0.702. The van der Waals surface area contributed by atoms with Crippen LogP contribution in [-0.4, -0.2) is 5.71 Å². The monoisotopic (exact) mass is 356 g/mol. The minimum atomic E-state index is 0.702. The van der Waals surface area contributed by atoms with Gasteiger partial charge in [-0.2, -0.15) is 10.2 Å². The number of hydrogen-bond acceptors (Lipinski definition) is 6. The SMILES string of the molecule is Nc1ccc(C2=CC(c3ccc(N)cc3)=NN(c3ccc(N)cc3)N2)cc1. The molecule has 0 aromatic heterocycles. The highest BCUT2D eigenvalue weighted by molar-refractivity contribution is 6.13. The van der Waals surface area contributed by atoms with Gasteiger partial charge in [0, 0.05) is 22.6 Å². The summed E-state index contributed by atoms with van der Waals surface area (Å²) in [7, 11) is 0. The zero-order chi connectivity index (χ0) is 18.8. The van der Waals surface area contributed by atoms with Crippen molar-refractivity contribution in [3.8, 4) is 0 Å². The molecule has 1 heterocycles. The zero-order valence-electron chi connectivity index (χ0n) is 14.6. The highest BCUT2D eigenvalue weighted by Gasteiger charge is 2.17. The van der Waals surface area contributed by atoms with Crippen molar-refractivity contribution in [2.24, 2.45) is 5.10 Å². The van der Waals surface area contributed by atoms with E-state index in [2.05, 4.69) is 5.43 Å². The molecular formula is C21H20N6. The third kappa shape index (κ3) is 3.55. The van der Waals surface area contributed by atoms with Crippen LogP contribution in [0.1, 0.15) is 11.1 Å². The molecule has 6 nitrogen and oxygen atoms in total. The van der Waals surface area contributed by atoms with Crippen LogP contribution in [0.2, 0.25) is 0 Å². The predicted octanol–water partition coefficient (Wildman–Crippen LogP) is 3.20. The molecule has 3 aromatic carbocycles. The third-order valence-corrected chi connectivity index (χ3v) is 4.28. The molecule has 0 spiro atoms. The molecule has 0 saturated heterocycles. The maximum atomic E-state index is 5.82. The van der Waals surface area contributed by atoms with E-state index in [0.29, 0.717) is 11.4 Å². The summed E-state index contributed by atoms with van der Waals surface area (Å²) in [5.74, 6) is 0. The molecule has 0 radical (unpaired) electrons. The molecule has 6 heteroatoms. The van der Waals surface area contributed by atoms with E-state index in [9.17, 15) is 0 Å². The molecular weight excluding hydrogens is 336 g/mol. The number of benzene rings is 3. The smallest absolute Gasteiger partial charge is 0.0950 e. The molecule has 0 aliphatic carbocycles. The number of allylic oxidation sites excluding steroid dienone is 1. The van der Waals surface area contributed by atoms with Crippen LogP contribution in [0.25, 0.3) is 5.70 Å². The number of hydrogen-bond donors (Lipinski definition) is 4. The zero-order valence-corrected chi connectivity index (χ0v) is 14.6. The fraction of sp³-hybridized carbons (Fsp3) is 0. The van der Waals surface area contributed by atoms with Crippen molar-refractivity contribution >= 4 is 34.2 Å². The number of anilines is 4. The number of nitrogens with one attached hydrogen (secondary N) is 1. The van der Waals surface area contributed by atoms with Crippen LogP contribution in [-0.2, 0) is 0 Å². The highest BCUT2D eigenvalue weighted by Crippen LogP contribution is 2.24. The summed E-state index contributed by atoms with van der Waals surface area (Å²) in [5, 5.41) is 6.46. The van der Waals surface area contributed by atoms with Crippen molar-refractivity contribution in [3.05, 3.63) is 90.0 Å². The Labute approximate surface area is 157 Å². The van der Waals surface area contributed by atoms with Gasteiger partial charge in [-0.3, -0.25) is 5.43 Å². The molecule has 1 aliphatic heterocycles. The fourth-order valence-electron chi connectivity index (χ4n) is 2.79. The maximum absolute atomic E-state index is 5.82. The summed E-state index contributed by atoms with van der Waals surface area (Å²) >= 11 is 0. The first-order valence-electron chi connectivity index (χ1n) is 8.53. The molecule has 0 amide bonds. The van der Waals surface area contributed by atoms with E-state index in [1.165, 1.54) is 0 Å². The Balaban J connectivity index is 1.77. The lowest BCUT2D eigenvalue weighted by Crippen LogP contribution is -2.36. The van der Waals surface area contributed by atoms with Crippen LogP contribution < -0.4 is 27.7 Å². The normalized spacial score (nSPS) is 13.6. The summed E-state index contributed by atoms with van der Waals surface area (Å²) in [6.07, 6.45) is 2.00. The van der Waals surface area contributed by atoms with Crippen LogP contribution in [0.5, 0.6) is 0 Å². The van der Waals surface area contributed by atoms with Gasteiger partial charge in [0.25, 0.3) is 0 Å². The van der Waals surface area contributed by atoms with Gasteiger partial charge in [-0.05, 0) is 60.2 Å². The van der Waals surface area contributed by atoms with Crippen molar-refractivity contribution in [1.82, 2.24) is 5.43 Å². The van der Waals surface area contributed by atoms with Crippen molar-refractivity contribution in [1.29, 1.82) is 0 Å². The molecule has 0 saturated carbocycles. The Morgan fingerprint density at radius 3 is 1.67 bits per heavy atom. The minimum Gasteiger partial charge on any atom is -0.399 e. The van der Waals surface area contributed by atoms with Gasteiger partial charge >= 0.3 is 0 Å². The Hall–Kier alpha value is -3.93. The Morgan fingerprint density at radius 1 is 0.630 bits per heavy atom. The van der Waals surface area contributed by atoms with Gasteiger partial charge in [-0.25, -0.2) is 0 Å². The van der Waals surface area contributed by atoms with Crippen LogP contribution in [0.3, 0.4) is 0 Å². The molecule has 0 bridgehead atoms. The molecule has 134 valence electrons. The van der Waals surface area contributed by atoms with E-state index >= 15 is 0 Å². The first-order valence-corrected chi connectivity index (χ1v) is 8.53. The third-order valence-electron chi connectivity index (χ3n) is 4.28. The quantitative estimate of drug-likeness (QED) is 0.539. The van der Waals surface area contributed by atoms with Crippen molar-refractivity contribution in [2.75, 3.05) is 22.3 Å². The van der Waals surface area contributed by atoms with E-state index in [1.54, 1.807) is 5.12 Å². The lowest BCUT2D eigenvalue weighted by Gasteiger charge is -2.28. The lowest BCUT2D eigenvalue weighted by atomic mass is 10.0. The van der Waals surface area contributed by atoms with E-state index in [1.807, 2.05) is 78.9 Å². The van der Waals surface area contributed by atoms with Gasteiger partial charge in [0.2, 0.25) is 0 Å². The van der Waals surface area contributed by atoms with Gasteiger partial charge in [0.05, 0.1) is 17.1 Å². The summed E-state index contributed by atoms with van der Waals surface area (Å²) in [5.41, 5.74) is 27.5. The molecule has 7 N–H and O–H groups in total. The Kier molecular flexibility index (Phi) is 4.14. The number of nitrogen functional groups attached to an aromatic ring is 3. The van der Waals surface area contributed by atoms with Gasteiger partial charge in [0.1, 0.15) is 0 Å². The van der Waals surface area contributed by atoms with Gasteiger partial charge in [-0.15, -0.1) is 0 Å². The molecule has 1 aliphatic rings. The van der Waals surface area contributed by atoms with Crippen LogP contribution in [0.15, 0.2) is 84.0 Å². The van der Waals surface area contributed by atoms with Gasteiger partial charge < -0.3 is 17.2 Å². The number of nitrogens with zero attached hydrogens (tertiary/aromatic N) is 2. The number of hydrazone groups is 1. The summed E-state index contributed by atoms with van der Waals surface area (Å²) < 4.78 is 0. The van der Waals surface area contributed by atoms with Crippen LogP contribution >= 0.6 is 0 Å². The summed E-state index contributed by atoms with van der Waals surface area (Å²) in [6.45, 7) is 0. The standard InChI is InChI=1S/C21H20N6/c22-16-5-1-14(2-6-16)20-13-21(15-3-7-17(23)8-4-15)26-27(25-20)19-11-9-18(24)10-12-19/h1-13,25H,22-24H2. The number of rotatable bonds is 3. The first-order chi connectivity index (χ1) is 13.1. The second-order valence-corrected chi connectivity index (χ2v) is 6.30. The van der Waals surface area contributed by atoms with Crippen LogP contribution in [0, 0.1) is 0 Å². The Bertz CT molecular complexity index is 1000. The van der Waals surface area contributed by atoms with Gasteiger partial charge in [0.15, 0.2) is 0 Å². The van der Waals surface area contributed by atoms with Crippen molar-refractivity contribution in [2.45, 2.75) is 0 Å². The van der Waals surface area contributed by atoms with E-state index in [4.69, 9.17) is 22.3 Å². The largest absolute Gasteiger partial charge is 0.399 e. The van der Waals surface area contributed by atoms with E-state index < -0.39 is 0 Å². The molecule has 0 fully saturated rings. The predicted molar refractivity (Wildman–Crippen MR) is 113 cm³/mol.